The van der Waals surface area contributed by atoms with Gasteiger partial charge in [0.2, 0.25) is 0 Å². The van der Waals surface area contributed by atoms with E-state index in [1.165, 1.54) is 0 Å². The van der Waals surface area contributed by atoms with Crippen molar-refractivity contribution in [3.8, 4) is 11.1 Å². The van der Waals surface area contributed by atoms with E-state index in [2.05, 4.69) is 5.32 Å². The highest BCUT2D eigenvalue weighted by Gasteiger charge is 2.27. The van der Waals surface area contributed by atoms with Crippen molar-refractivity contribution in [3.05, 3.63) is 59.2 Å². The summed E-state index contributed by atoms with van der Waals surface area (Å²) in [6.07, 6.45) is 0.650. The Bertz CT molecular complexity index is 748. The van der Waals surface area contributed by atoms with Crippen molar-refractivity contribution >= 4 is 11.7 Å². The molecule has 1 atom stereocenters. The largest absolute Gasteiger partial charge is 0.394 e. The average molecular weight is 295 g/mol. The third-order valence-electron chi connectivity index (χ3n) is 4.04. The van der Waals surface area contributed by atoms with Crippen LogP contribution in [0.3, 0.4) is 0 Å². The summed E-state index contributed by atoms with van der Waals surface area (Å²) in [5.41, 5.74) is 3.46. The standard InChI is InChI=1S/C18H17NO3/c1-2-12(10-20)19-18(22)11-7-8-14-13-5-3-4-6-15(13)17(21)16(14)9-11/h3-9,12,20H,2,10H2,1H3,(H,19,22). The molecule has 0 fully saturated rings. The first-order valence-corrected chi connectivity index (χ1v) is 7.35. The van der Waals surface area contributed by atoms with Crippen LogP contribution in [0.5, 0.6) is 0 Å². The van der Waals surface area contributed by atoms with Crippen LogP contribution >= 0.6 is 0 Å². The van der Waals surface area contributed by atoms with Crippen LogP contribution in [0.4, 0.5) is 0 Å². The van der Waals surface area contributed by atoms with E-state index in [1.807, 2.05) is 31.2 Å². The number of nitrogens with one attached hydrogen (secondary N) is 1. The molecule has 1 amide bonds. The van der Waals surface area contributed by atoms with Gasteiger partial charge in [0.1, 0.15) is 0 Å². The van der Waals surface area contributed by atoms with Gasteiger partial charge in [-0.05, 0) is 29.7 Å². The minimum absolute atomic E-state index is 0.0468. The molecule has 1 unspecified atom stereocenters. The quantitative estimate of drug-likeness (QED) is 0.776. The van der Waals surface area contributed by atoms with Gasteiger partial charge in [-0.3, -0.25) is 9.59 Å². The Hall–Kier alpha value is -2.46. The molecule has 0 spiro atoms. The molecule has 3 rings (SSSR count). The van der Waals surface area contributed by atoms with Crippen molar-refractivity contribution in [1.82, 2.24) is 5.32 Å². The van der Waals surface area contributed by atoms with Gasteiger partial charge in [0, 0.05) is 16.7 Å². The third kappa shape index (κ3) is 2.31. The molecule has 112 valence electrons. The Balaban J connectivity index is 1.93. The van der Waals surface area contributed by atoms with E-state index in [1.54, 1.807) is 18.2 Å². The molecule has 2 aromatic carbocycles. The molecular weight excluding hydrogens is 278 g/mol. The van der Waals surface area contributed by atoms with Gasteiger partial charge >= 0.3 is 0 Å². The molecule has 0 heterocycles. The molecular formula is C18H17NO3. The van der Waals surface area contributed by atoms with E-state index in [-0.39, 0.29) is 24.3 Å². The molecule has 2 N–H and O–H groups in total. The predicted molar refractivity (Wildman–Crippen MR) is 83.9 cm³/mol. The Labute approximate surface area is 128 Å². The number of ketones is 1. The van der Waals surface area contributed by atoms with E-state index in [0.29, 0.717) is 23.1 Å². The average Bonchev–Trinajstić information content (AvgIpc) is 2.85. The van der Waals surface area contributed by atoms with Crippen molar-refractivity contribution in [2.75, 3.05) is 6.61 Å². The predicted octanol–water partition coefficient (Wildman–Crippen LogP) is 2.40. The minimum Gasteiger partial charge on any atom is -0.394 e. The maximum absolute atomic E-state index is 12.4. The topological polar surface area (TPSA) is 66.4 Å². The normalized spacial score (nSPS) is 13.5. The number of carbonyl (C=O) groups is 2. The van der Waals surface area contributed by atoms with E-state index < -0.39 is 0 Å². The Morgan fingerprint density at radius 1 is 1.09 bits per heavy atom. The molecule has 22 heavy (non-hydrogen) atoms. The van der Waals surface area contributed by atoms with Gasteiger partial charge in [0.15, 0.2) is 5.78 Å². The van der Waals surface area contributed by atoms with Crippen molar-refractivity contribution in [3.63, 3.8) is 0 Å². The number of rotatable bonds is 4. The first kappa shape index (κ1) is 14.5. The molecule has 0 saturated heterocycles. The van der Waals surface area contributed by atoms with Gasteiger partial charge in [-0.1, -0.05) is 37.3 Å². The van der Waals surface area contributed by atoms with Gasteiger partial charge in [-0.25, -0.2) is 0 Å². The molecule has 0 saturated carbocycles. The smallest absolute Gasteiger partial charge is 0.251 e. The summed E-state index contributed by atoms with van der Waals surface area (Å²) in [6.45, 7) is 1.79. The monoisotopic (exact) mass is 295 g/mol. The lowest BCUT2D eigenvalue weighted by Gasteiger charge is -2.14. The number of hydrogen-bond donors (Lipinski definition) is 2. The molecule has 0 aromatic heterocycles. The zero-order valence-corrected chi connectivity index (χ0v) is 12.3. The fraction of sp³-hybridized carbons (Fsp3) is 0.222. The van der Waals surface area contributed by atoms with Crippen molar-refractivity contribution in [1.29, 1.82) is 0 Å². The second-order valence-electron chi connectivity index (χ2n) is 5.40. The lowest BCUT2D eigenvalue weighted by Crippen LogP contribution is -2.36. The maximum Gasteiger partial charge on any atom is 0.251 e. The fourth-order valence-electron chi connectivity index (χ4n) is 2.71. The second kappa shape index (κ2) is 5.73. The van der Waals surface area contributed by atoms with Gasteiger partial charge < -0.3 is 10.4 Å². The zero-order valence-electron chi connectivity index (χ0n) is 12.3. The van der Waals surface area contributed by atoms with Crippen LogP contribution in [-0.2, 0) is 0 Å². The first-order chi connectivity index (χ1) is 10.7. The minimum atomic E-state index is -0.271. The first-order valence-electron chi connectivity index (χ1n) is 7.35. The molecule has 2 aromatic rings. The van der Waals surface area contributed by atoms with Crippen LogP contribution in [0.15, 0.2) is 42.5 Å². The number of amides is 1. The van der Waals surface area contributed by atoms with Gasteiger partial charge in [0.25, 0.3) is 5.91 Å². The maximum atomic E-state index is 12.4. The van der Waals surface area contributed by atoms with E-state index >= 15 is 0 Å². The van der Waals surface area contributed by atoms with Gasteiger partial charge in [-0.2, -0.15) is 0 Å². The van der Waals surface area contributed by atoms with Crippen LogP contribution in [0.25, 0.3) is 11.1 Å². The number of aliphatic hydroxyl groups excluding tert-OH is 1. The summed E-state index contributed by atoms with van der Waals surface area (Å²) in [5, 5.41) is 11.9. The summed E-state index contributed by atoms with van der Waals surface area (Å²) in [5.74, 6) is -0.318. The molecule has 0 aliphatic heterocycles. The summed E-state index contributed by atoms with van der Waals surface area (Å²) in [6, 6.07) is 12.3. The number of carbonyl (C=O) groups excluding carboxylic acids is 2. The number of hydrogen-bond acceptors (Lipinski definition) is 3. The molecule has 1 aliphatic carbocycles. The zero-order chi connectivity index (χ0) is 15.7. The van der Waals surface area contributed by atoms with Crippen LogP contribution in [0.2, 0.25) is 0 Å². The Morgan fingerprint density at radius 3 is 2.45 bits per heavy atom. The lowest BCUT2D eigenvalue weighted by molar-refractivity contribution is 0.0915. The third-order valence-corrected chi connectivity index (χ3v) is 4.04. The number of aliphatic hydroxyl groups is 1. The molecule has 4 heteroatoms. The summed E-state index contributed by atoms with van der Waals surface area (Å²) in [7, 11) is 0. The fourth-order valence-corrected chi connectivity index (χ4v) is 2.71. The lowest BCUT2D eigenvalue weighted by atomic mass is 10.0. The summed E-state index contributed by atoms with van der Waals surface area (Å²) >= 11 is 0. The van der Waals surface area contributed by atoms with Crippen molar-refractivity contribution in [2.24, 2.45) is 0 Å². The summed E-state index contributed by atoms with van der Waals surface area (Å²) in [4.78, 5) is 24.6. The van der Waals surface area contributed by atoms with E-state index in [0.717, 1.165) is 11.1 Å². The van der Waals surface area contributed by atoms with E-state index in [9.17, 15) is 9.59 Å². The van der Waals surface area contributed by atoms with Gasteiger partial charge in [-0.15, -0.1) is 0 Å². The SMILES string of the molecule is CCC(CO)NC(=O)c1ccc2c(c1)C(=O)c1ccccc1-2. The van der Waals surface area contributed by atoms with E-state index in [4.69, 9.17) is 5.11 Å². The van der Waals surface area contributed by atoms with Gasteiger partial charge in [0.05, 0.1) is 12.6 Å². The second-order valence-corrected chi connectivity index (χ2v) is 5.40. The molecule has 0 bridgehead atoms. The van der Waals surface area contributed by atoms with Crippen molar-refractivity contribution in [2.45, 2.75) is 19.4 Å². The van der Waals surface area contributed by atoms with Crippen LogP contribution in [0, 0.1) is 0 Å². The highest BCUT2D eigenvalue weighted by Crippen LogP contribution is 2.36. The number of fused-ring (bicyclic) bond motifs is 3. The van der Waals surface area contributed by atoms with Crippen molar-refractivity contribution < 1.29 is 14.7 Å². The molecule has 0 radical (unpaired) electrons. The highest BCUT2D eigenvalue weighted by molar-refractivity contribution is 6.22. The highest BCUT2D eigenvalue weighted by atomic mass is 16.3. The van der Waals surface area contributed by atoms with Crippen LogP contribution in [0.1, 0.15) is 39.6 Å². The summed E-state index contributed by atoms with van der Waals surface area (Å²) < 4.78 is 0. The molecule has 4 nitrogen and oxygen atoms in total. The molecule has 1 aliphatic rings. The van der Waals surface area contributed by atoms with Crippen LogP contribution < -0.4 is 5.32 Å². The Morgan fingerprint density at radius 2 is 1.77 bits per heavy atom. The number of benzene rings is 2. The van der Waals surface area contributed by atoms with Crippen LogP contribution in [-0.4, -0.2) is 29.4 Å². The Kier molecular flexibility index (Phi) is 3.77.